The minimum atomic E-state index is -0.184. The van der Waals surface area contributed by atoms with Crippen molar-refractivity contribution >= 4 is 23.2 Å². The molecule has 0 atom stereocenters. The van der Waals surface area contributed by atoms with Gasteiger partial charge in [0.1, 0.15) is 0 Å². The molecular formula is C22H29N5O4. The Bertz CT molecular complexity index is 947. The Morgan fingerprint density at radius 1 is 1.03 bits per heavy atom. The van der Waals surface area contributed by atoms with Crippen molar-refractivity contribution < 1.29 is 14.3 Å². The van der Waals surface area contributed by atoms with Crippen molar-refractivity contribution in [2.24, 2.45) is 0 Å². The van der Waals surface area contributed by atoms with Crippen LogP contribution in [0.3, 0.4) is 0 Å². The Morgan fingerprint density at radius 2 is 1.65 bits per heavy atom. The van der Waals surface area contributed by atoms with Crippen molar-refractivity contribution in [1.82, 2.24) is 9.97 Å². The number of hydrogen-bond acceptors (Lipinski definition) is 7. The molecule has 0 unspecified atom stereocenters. The highest BCUT2D eigenvalue weighted by atomic mass is 16.5. The fourth-order valence-corrected chi connectivity index (χ4v) is 3.85. The highest BCUT2D eigenvalue weighted by Gasteiger charge is 2.17. The number of morpholine rings is 2. The zero-order valence-electron chi connectivity index (χ0n) is 17.9. The summed E-state index contributed by atoms with van der Waals surface area (Å²) < 4.78 is 10.7. The molecule has 9 heteroatoms. The van der Waals surface area contributed by atoms with Crippen LogP contribution in [0.2, 0.25) is 0 Å². The molecule has 3 heterocycles. The first kappa shape index (κ1) is 21.3. The first-order valence-corrected chi connectivity index (χ1v) is 10.8. The van der Waals surface area contributed by atoms with Crippen LogP contribution in [-0.2, 0) is 20.7 Å². The molecule has 4 rings (SSSR count). The average Bonchev–Trinajstić information content (AvgIpc) is 2.80. The van der Waals surface area contributed by atoms with E-state index in [1.807, 2.05) is 36.1 Å². The Labute approximate surface area is 181 Å². The van der Waals surface area contributed by atoms with Gasteiger partial charge in [0.15, 0.2) is 0 Å². The molecule has 0 aliphatic carbocycles. The number of aryl methyl sites for hydroxylation is 1. The molecule has 0 spiro atoms. The molecule has 2 N–H and O–H groups in total. The molecule has 9 nitrogen and oxygen atoms in total. The van der Waals surface area contributed by atoms with Gasteiger partial charge in [-0.15, -0.1) is 0 Å². The van der Waals surface area contributed by atoms with E-state index >= 15 is 0 Å². The van der Waals surface area contributed by atoms with Crippen molar-refractivity contribution in [3.05, 3.63) is 45.9 Å². The van der Waals surface area contributed by atoms with Gasteiger partial charge >= 0.3 is 0 Å². The molecular weight excluding hydrogens is 398 g/mol. The normalized spacial score (nSPS) is 16.9. The summed E-state index contributed by atoms with van der Waals surface area (Å²) in [5.41, 5.74) is 2.89. The summed E-state index contributed by atoms with van der Waals surface area (Å²) in [4.78, 5) is 36.6. The van der Waals surface area contributed by atoms with E-state index in [-0.39, 0.29) is 17.9 Å². The molecule has 2 saturated heterocycles. The maximum Gasteiger partial charge on any atom is 0.255 e. The molecule has 1 amide bonds. The van der Waals surface area contributed by atoms with Gasteiger partial charge in [0.25, 0.3) is 5.56 Å². The molecule has 2 aliphatic heterocycles. The fourth-order valence-electron chi connectivity index (χ4n) is 3.85. The standard InChI is InChI=1S/C22H29N5O4/c1-16-19(21(29)25-22(23-16)27-10-14-31-15-11-27)6-7-20(28)24-17-2-4-18(5-3-17)26-8-12-30-13-9-26/h2-5H,6-15H2,1H3,(H,24,28)(H,23,25,29). The molecule has 2 aliphatic rings. The van der Waals surface area contributed by atoms with Crippen molar-refractivity contribution in [3.8, 4) is 0 Å². The third-order valence-electron chi connectivity index (χ3n) is 5.65. The van der Waals surface area contributed by atoms with Crippen LogP contribution in [0.4, 0.5) is 17.3 Å². The number of nitrogens with zero attached hydrogens (tertiary/aromatic N) is 3. The summed E-state index contributed by atoms with van der Waals surface area (Å²) in [6, 6.07) is 7.81. The van der Waals surface area contributed by atoms with E-state index in [0.717, 1.165) is 37.7 Å². The number of ether oxygens (including phenoxy) is 2. The van der Waals surface area contributed by atoms with E-state index in [2.05, 4.69) is 20.2 Å². The zero-order chi connectivity index (χ0) is 21.6. The van der Waals surface area contributed by atoms with Crippen LogP contribution in [-0.4, -0.2) is 68.5 Å². The molecule has 1 aromatic heterocycles. The molecule has 1 aromatic carbocycles. The number of aromatic nitrogens is 2. The van der Waals surface area contributed by atoms with Gasteiger partial charge in [-0.1, -0.05) is 0 Å². The number of carbonyl (C=O) groups is 1. The highest BCUT2D eigenvalue weighted by Crippen LogP contribution is 2.19. The fraction of sp³-hybridized carbons (Fsp3) is 0.500. The number of hydrogen-bond donors (Lipinski definition) is 2. The van der Waals surface area contributed by atoms with Crippen LogP contribution in [0.15, 0.2) is 29.1 Å². The molecule has 166 valence electrons. The molecule has 0 bridgehead atoms. The highest BCUT2D eigenvalue weighted by molar-refractivity contribution is 5.91. The third-order valence-corrected chi connectivity index (χ3v) is 5.65. The van der Waals surface area contributed by atoms with Gasteiger partial charge in [-0.2, -0.15) is 0 Å². The van der Waals surface area contributed by atoms with E-state index in [0.29, 0.717) is 49.9 Å². The zero-order valence-corrected chi connectivity index (χ0v) is 17.9. The van der Waals surface area contributed by atoms with Crippen LogP contribution in [0.25, 0.3) is 0 Å². The first-order chi connectivity index (χ1) is 15.1. The lowest BCUT2D eigenvalue weighted by Crippen LogP contribution is -2.38. The van der Waals surface area contributed by atoms with Crippen molar-refractivity contribution in [1.29, 1.82) is 0 Å². The molecule has 0 radical (unpaired) electrons. The maximum absolute atomic E-state index is 12.6. The predicted octanol–water partition coefficient (Wildman–Crippen LogP) is 1.32. The average molecular weight is 428 g/mol. The Morgan fingerprint density at radius 3 is 2.26 bits per heavy atom. The lowest BCUT2D eigenvalue weighted by molar-refractivity contribution is -0.116. The van der Waals surface area contributed by atoms with E-state index in [1.54, 1.807) is 0 Å². The summed E-state index contributed by atoms with van der Waals surface area (Å²) in [6.45, 7) is 7.69. The van der Waals surface area contributed by atoms with Gasteiger partial charge in [0, 0.05) is 55.2 Å². The summed E-state index contributed by atoms with van der Waals surface area (Å²) >= 11 is 0. The van der Waals surface area contributed by atoms with Crippen LogP contribution in [0.1, 0.15) is 17.7 Å². The third kappa shape index (κ3) is 5.42. The molecule has 2 aromatic rings. The molecule has 0 saturated carbocycles. The summed E-state index contributed by atoms with van der Waals surface area (Å²) in [5.74, 6) is 0.439. The number of rotatable bonds is 6. The van der Waals surface area contributed by atoms with Gasteiger partial charge in [-0.05, 0) is 37.6 Å². The number of benzene rings is 1. The number of H-pyrrole nitrogens is 1. The van der Waals surface area contributed by atoms with Gasteiger partial charge in [-0.3, -0.25) is 14.6 Å². The van der Waals surface area contributed by atoms with Crippen molar-refractivity contribution in [2.75, 3.05) is 67.7 Å². The maximum atomic E-state index is 12.6. The number of nitrogens with one attached hydrogen (secondary N) is 2. The smallest absolute Gasteiger partial charge is 0.255 e. The van der Waals surface area contributed by atoms with Crippen LogP contribution in [0, 0.1) is 6.92 Å². The summed E-state index contributed by atoms with van der Waals surface area (Å²) in [7, 11) is 0. The lowest BCUT2D eigenvalue weighted by Gasteiger charge is -2.28. The van der Waals surface area contributed by atoms with Crippen molar-refractivity contribution in [2.45, 2.75) is 19.8 Å². The second-order valence-corrected chi connectivity index (χ2v) is 7.75. The monoisotopic (exact) mass is 427 g/mol. The second-order valence-electron chi connectivity index (χ2n) is 7.75. The number of amides is 1. The van der Waals surface area contributed by atoms with E-state index in [4.69, 9.17) is 9.47 Å². The topological polar surface area (TPSA) is 99.8 Å². The minimum Gasteiger partial charge on any atom is -0.378 e. The SMILES string of the molecule is Cc1nc(N2CCOCC2)[nH]c(=O)c1CCC(=O)Nc1ccc(N2CCOCC2)cc1. The largest absolute Gasteiger partial charge is 0.378 e. The Balaban J connectivity index is 1.32. The van der Waals surface area contributed by atoms with Crippen LogP contribution in [0.5, 0.6) is 0 Å². The number of aromatic amines is 1. The first-order valence-electron chi connectivity index (χ1n) is 10.8. The molecule has 31 heavy (non-hydrogen) atoms. The second kappa shape index (κ2) is 9.93. The number of anilines is 3. The van der Waals surface area contributed by atoms with E-state index in [9.17, 15) is 9.59 Å². The molecule has 2 fully saturated rings. The van der Waals surface area contributed by atoms with E-state index < -0.39 is 0 Å². The van der Waals surface area contributed by atoms with Gasteiger partial charge in [0.05, 0.1) is 26.4 Å². The minimum absolute atomic E-state index is 0.129. The predicted molar refractivity (Wildman–Crippen MR) is 119 cm³/mol. The van der Waals surface area contributed by atoms with Crippen molar-refractivity contribution in [3.63, 3.8) is 0 Å². The van der Waals surface area contributed by atoms with Gasteiger partial charge in [-0.25, -0.2) is 4.98 Å². The Kier molecular flexibility index (Phi) is 6.83. The van der Waals surface area contributed by atoms with Crippen LogP contribution < -0.4 is 20.7 Å². The summed E-state index contributed by atoms with van der Waals surface area (Å²) in [5, 5.41) is 2.91. The quantitative estimate of drug-likeness (QED) is 0.717. The van der Waals surface area contributed by atoms with Gasteiger partial charge < -0.3 is 24.6 Å². The lowest BCUT2D eigenvalue weighted by atomic mass is 10.1. The summed E-state index contributed by atoms with van der Waals surface area (Å²) in [6.07, 6.45) is 0.559. The van der Waals surface area contributed by atoms with Gasteiger partial charge in [0.2, 0.25) is 11.9 Å². The van der Waals surface area contributed by atoms with Crippen LogP contribution >= 0.6 is 0 Å². The Hall–Kier alpha value is -2.91. The van der Waals surface area contributed by atoms with E-state index in [1.165, 1.54) is 0 Å². The number of carbonyl (C=O) groups excluding carboxylic acids is 1.